The number of benzene rings is 2. The maximum absolute atomic E-state index is 13.5. The Bertz CT molecular complexity index is 790. The zero-order chi connectivity index (χ0) is 21.2. The van der Waals surface area contributed by atoms with E-state index in [0.29, 0.717) is 5.92 Å². The van der Waals surface area contributed by atoms with Gasteiger partial charge in [-0.2, -0.15) is 5.26 Å². The first-order valence-electron chi connectivity index (χ1n) is 11.6. The summed E-state index contributed by atoms with van der Waals surface area (Å²) < 4.78 is 13.5. The number of nitrogens with zero attached hydrogens (tertiary/aromatic N) is 2. The van der Waals surface area contributed by atoms with Crippen molar-refractivity contribution < 1.29 is 4.39 Å². The van der Waals surface area contributed by atoms with Gasteiger partial charge in [-0.05, 0) is 80.8 Å². The Labute approximate surface area is 181 Å². The van der Waals surface area contributed by atoms with Gasteiger partial charge in [0.2, 0.25) is 0 Å². The van der Waals surface area contributed by atoms with Gasteiger partial charge in [-0.1, -0.05) is 62.2 Å². The molecule has 0 heterocycles. The highest BCUT2D eigenvalue weighted by Gasteiger charge is 2.41. The molecule has 0 aromatic heterocycles. The van der Waals surface area contributed by atoms with E-state index in [9.17, 15) is 9.65 Å². The molecule has 1 aliphatic rings. The predicted molar refractivity (Wildman–Crippen MR) is 122 cm³/mol. The molecule has 0 amide bonds. The van der Waals surface area contributed by atoms with Crippen molar-refractivity contribution in [2.24, 2.45) is 5.92 Å². The fraction of sp³-hybridized carbons (Fsp3) is 0.519. The lowest BCUT2D eigenvalue weighted by Gasteiger charge is -2.34. The molecule has 1 aliphatic carbocycles. The number of hydrogen-bond donors (Lipinski definition) is 0. The summed E-state index contributed by atoms with van der Waals surface area (Å²) in [4.78, 5) is 2.54. The molecule has 0 saturated heterocycles. The van der Waals surface area contributed by atoms with Gasteiger partial charge in [-0.3, -0.25) is 0 Å². The maximum Gasteiger partial charge on any atom is 0.123 e. The Morgan fingerprint density at radius 3 is 2.33 bits per heavy atom. The lowest BCUT2D eigenvalue weighted by Crippen LogP contribution is -2.35. The molecule has 2 nitrogen and oxygen atoms in total. The fourth-order valence-corrected chi connectivity index (χ4v) is 5.13. The van der Waals surface area contributed by atoms with Gasteiger partial charge in [-0.25, -0.2) is 4.39 Å². The van der Waals surface area contributed by atoms with Crippen LogP contribution >= 0.6 is 0 Å². The molecule has 1 fully saturated rings. The van der Waals surface area contributed by atoms with Crippen LogP contribution in [0.1, 0.15) is 63.0 Å². The van der Waals surface area contributed by atoms with Gasteiger partial charge < -0.3 is 4.90 Å². The van der Waals surface area contributed by atoms with Crippen LogP contribution in [-0.2, 0) is 11.8 Å². The van der Waals surface area contributed by atoms with E-state index in [1.54, 1.807) is 0 Å². The van der Waals surface area contributed by atoms with Crippen LogP contribution in [0.4, 0.5) is 4.39 Å². The molecule has 1 saturated carbocycles. The van der Waals surface area contributed by atoms with E-state index in [1.807, 2.05) is 12.1 Å². The van der Waals surface area contributed by atoms with Crippen LogP contribution in [0.2, 0.25) is 0 Å². The number of halogens is 1. The molecular weight excluding hydrogens is 371 g/mol. The smallest absolute Gasteiger partial charge is 0.123 e. The molecule has 3 rings (SSSR count). The first kappa shape index (κ1) is 22.5. The SMILES string of the molecule is CCCN(CCCC(C#N)(c1ccc(F)cc1)C1CCCC1)CCc1ccccc1. The van der Waals surface area contributed by atoms with Crippen LogP contribution in [0.5, 0.6) is 0 Å². The molecule has 1 unspecified atom stereocenters. The van der Waals surface area contributed by atoms with E-state index in [0.717, 1.165) is 63.7 Å². The monoisotopic (exact) mass is 406 g/mol. The van der Waals surface area contributed by atoms with Gasteiger partial charge in [-0.15, -0.1) is 0 Å². The molecule has 0 bridgehead atoms. The summed E-state index contributed by atoms with van der Waals surface area (Å²) in [6, 6.07) is 20.1. The Morgan fingerprint density at radius 1 is 1.00 bits per heavy atom. The molecule has 1 atom stereocenters. The second-order valence-corrected chi connectivity index (χ2v) is 8.75. The third kappa shape index (κ3) is 5.70. The van der Waals surface area contributed by atoms with Crippen molar-refractivity contribution in [1.82, 2.24) is 4.90 Å². The van der Waals surface area contributed by atoms with Crippen molar-refractivity contribution in [2.45, 2.75) is 63.7 Å². The maximum atomic E-state index is 13.5. The summed E-state index contributed by atoms with van der Waals surface area (Å²) in [5, 5.41) is 10.3. The lowest BCUT2D eigenvalue weighted by molar-refractivity contribution is 0.247. The summed E-state index contributed by atoms with van der Waals surface area (Å²) in [6.45, 7) is 5.38. The highest BCUT2D eigenvalue weighted by atomic mass is 19.1. The molecule has 2 aromatic carbocycles. The summed E-state index contributed by atoms with van der Waals surface area (Å²) in [6.07, 6.45) is 8.67. The van der Waals surface area contributed by atoms with Crippen LogP contribution in [0.25, 0.3) is 0 Å². The van der Waals surface area contributed by atoms with E-state index < -0.39 is 5.41 Å². The van der Waals surface area contributed by atoms with Crippen LogP contribution in [0.15, 0.2) is 54.6 Å². The third-order valence-corrected chi connectivity index (χ3v) is 6.76. The van der Waals surface area contributed by atoms with E-state index in [1.165, 1.54) is 30.5 Å². The quantitative estimate of drug-likeness (QED) is 0.425. The van der Waals surface area contributed by atoms with Gasteiger partial charge >= 0.3 is 0 Å². The molecule has 0 spiro atoms. The van der Waals surface area contributed by atoms with Crippen LogP contribution in [0.3, 0.4) is 0 Å². The highest BCUT2D eigenvalue weighted by Crippen LogP contribution is 2.45. The summed E-state index contributed by atoms with van der Waals surface area (Å²) in [5.41, 5.74) is 1.90. The lowest BCUT2D eigenvalue weighted by atomic mass is 9.67. The molecule has 0 radical (unpaired) electrons. The molecule has 2 aromatic rings. The van der Waals surface area contributed by atoms with Crippen molar-refractivity contribution in [3.8, 4) is 6.07 Å². The van der Waals surface area contributed by atoms with Gasteiger partial charge in [0.25, 0.3) is 0 Å². The van der Waals surface area contributed by atoms with E-state index in [-0.39, 0.29) is 5.82 Å². The van der Waals surface area contributed by atoms with Crippen LogP contribution in [-0.4, -0.2) is 24.5 Å². The Hall–Kier alpha value is -2.18. The normalized spacial score (nSPS) is 16.5. The minimum atomic E-state index is -0.485. The van der Waals surface area contributed by atoms with E-state index in [2.05, 4.69) is 48.2 Å². The van der Waals surface area contributed by atoms with Gasteiger partial charge in [0.15, 0.2) is 0 Å². The number of hydrogen-bond acceptors (Lipinski definition) is 2. The van der Waals surface area contributed by atoms with Crippen molar-refractivity contribution in [3.05, 3.63) is 71.5 Å². The standard InChI is InChI=1S/C27H35FN2/c1-2-19-30(21-17-23-9-4-3-5-10-23)20-8-18-27(22-29,24-11-6-7-12-24)25-13-15-26(28)16-14-25/h3-5,9-10,13-16,24H,2,6-8,11-12,17-21H2,1H3. The molecule has 160 valence electrons. The first-order valence-corrected chi connectivity index (χ1v) is 11.6. The average molecular weight is 407 g/mol. The Morgan fingerprint density at radius 2 is 1.70 bits per heavy atom. The number of nitriles is 1. The molecule has 0 aliphatic heterocycles. The van der Waals surface area contributed by atoms with Crippen molar-refractivity contribution in [2.75, 3.05) is 19.6 Å². The average Bonchev–Trinajstić information content (AvgIpc) is 3.32. The van der Waals surface area contributed by atoms with E-state index >= 15 is 0 Å². The van der Waals surface area contributed by atoms with Crippen molar-refractivity contribution in [1.29, 1.82) is 5.26 Å². The Kier molecular flexibility index (Phi) is 8.46. The van der Waals surface area contributed by atoms with Gasteiger partial charge in [0.05, 0.1) is 11.5 Å². The van der Waals surface area contributed by atoms with Crippen molar-refractivity contribution in [3.63, 3.8) is 0 Å². The minimum Gasteiger partial charge on any atom is -0.303 e. The minimum absolute atomic E-state index is 0.230. The number of rotatable bonds is 11. The summed E-state index contributed by atoms with van der Waals surface area (Å²) in [7, 11) is 0. The molecule has 30 heavy (non-hydrogen) atoms. The second kappa shape index (κ2) is 11.3. The molecule has 3 heteroatoms. The zero-order valence-electron chi connectivity index (χ0n) is 18.3. The fourth-order valence-electron chi connectivity index (χ4n) is 5.13. The molecular formula is C27H35FN2. The first-order chi connectivity index (χ1) is 14.7. The summed E-state index contributed by atoms with van der Waals surface area (Å²) in [5.74, 6) is 0.156. The topological polar surface area (TPSA) is 27.0 Å². The predicted octanol–water partition coefficient (Wildman–Crippen LogP) is 6.51. The largest absolute Gasteiger partial charge is 0.303 e. The molecule has 0 N–H and O–H groups in total. The van der Waals surface area contributed by atoms with Crippen LogP contribution in [0, 0.1) is 23.1 Å². The Balaban J connectivity index is 1.66. The van der Waals surface area contributed by atoms with Gasteiger partial charge in [0.1, 0.15) is 5.82 Å². The zero-order valence-corrected chi connectivity index (χ0v) is 18.3. The van der Waals surface area contributed by atoms with Crippen molar-refractivity contribution >= 4 is 0 Å². The third-order valence-electron chi connectivity index (χ3n) is 6.76. The summed E-state index contributed by atoms with van der Waals surface area (Å²) >= 11 is 0. The highest BCUT2D eigenvalue weighted by molar-refractivity contribution is 5.34. The van der Waals surface area contributed by atoms with Gasteiger partial charge in [0, 0.05) is 6.54 Å². The van der Waals surface area contributed by atoms with E-state index in [4.69, 9.17) is 0 Å². The second-order valence-electron chi connectivity index (χ2n) is 8.75. The van der Waals surface area contributed by atoms with Crippen LogP contribution < -0.4 is 0 Å².